The molecule has 1 atom stereocenters. The van der Waals surface area contributed by atoms with Crippen molar-refractivity contribution in [2.45, 2.75) is 31.6 Å². The Bertz CT molecular complexity index is 613. The van der Waals surface area contributed by atoms with E-state index >= 15 is 0 Å². The molecule has 0 fully saturated rings. The number of nitrogens with zero attached hydrogens (tertiary/aromatic N) is 2. The number of hydrogen-bond donors (Lipinski definition) is 0. The van der Waals surface area contributed by atoms with Gasteiger partial charge in [-0.3, -0.25) is 0 Å². The van der Waals surface area contributed by atoms with Crippen LogP contribution in [0.1, 0.15) is 30.2 Å². The summed E-state index contributed by atoms with van der Waals surface area (Å²) in [6, 6.07) is 10.6. The first kappa shape index (κ1) is 12.9. The maximum Gasteiger partial charge on any atom is 0.224 e. The van der Waals surface area contributed by atoms with Gasteiger partial charge in [0.2, 0.25) is 5.28 Å². The summed E-state index contributed by atoms with van der Waals surface area (Å²) in [7, 11) is 0. The van der Waals surface area contributed by atoms with E-state index in [1.54, 1.807) is 0 Å². The summed E-state index contributed by atoms with van der Waals surface area (Å²) < 4.78 is 0. The third-order valence-electron chi connectivity index (χ3n) is 3.97. The van der Waals surface area contributed by atoms with E-state index in [-0.39, 0.29) is 10.7 Å². The Morgan fingerprint density at radius 1 is 1.11 bits per heavy atom. The Hall–Kier alpha value is -1.12. The van der Waals surface area contributed by atoms with Gasteiger partial charge >= 0.3 is 0 Å². The van der Waals surface area contributed by atoms with Gasteiger partial charge in [-0.15, -0.1) is 0 Å². The van der Waals surface area contributed by atoms with Crippen LogP contribution in [0.3, 0.4) is 0 Å². The average Bonchev–Trinajstić information content (AvgIpc) is 2.41. The van der Waals surface area contributed by atoms with Gasteiger partial charge in [-0.05, 0) is 41.8 Å². The highest BCUT2D eigenvalue weighted by Crippen LogP contribution is 2.39. The minimum Gasteiger partial charge on any atom is -0.223 e. The van der Waals surface area contributed by atoms with Crippen molar-refractivity contribution in [3.05, 3.63) is 57.6 Å². The third-order valence-corrected chi connectivity index (χ3v) is 4.45. The highest BCUT2D eigenvalue weighted by molar-refractivity contribution is 6.32. The predicted octanol–water partition coefficient (Wildman–Crippen LogP) is 4.23. The van der Waals surface area contributed by atoms with Crippen molar-refractivity contribution in [3.8, 4) is 0 Å². The molecule has 1 heterocycles. The quantitative estimate of drug-likeness (QED) is 0.581. The van der Waals surface area contributed by atoms with E-state index in [1.807, 2.05) is 6.07 Å². The van der Waals surface area contributed by atoms with Gasteiger partial charge in [0.15, 0.2) is 0 Å². The number of benzene rings is 1. The summed E-state index contributed by atoms with van der Waals surface area (Å²) in [4.78, 5) is 8.37. The Morgan fingerprint density at radius 3 is 2.58 bits per heavy atom. The molecule has 1 aliphatic carbocycles. The fourth-order valence-corrected chi connectivity index (χ4v) is 3.30. The molecular formula is C15H14Cl2N2. The molecule has 1 unspecified atom stereocenters. The summed E-state index contributed by atoms with van der Waals surface area (Å²) in [5.74, 6) is 0. The molecule has 19 heavy (non-hydrogen) atoms. The lowest BCUT2D eigenvalue weighted by molar-refractivity contribution is 0.403. The summed E-state index contributed by atoms with van der Waals surface area (Å²) in [5.41, 5.74) is 3.48. The fraction of sp³-hybridized carbons (Fsp3) is 0.333. The Labute approximate surface area is 122 Å². The highest BCUT2D eigenvalue weighted by Gasteiger charge is 2.33. The lowest BCUT2D eigenvalue weighted by atomic mass is 9.70. The molecule has 4 heteroatoms. The number of fused-ring (bicyclic) bond motifs is 1. The van der Waals surface area contributed by atoms with Crippen LogP contribution in [0, 0.1) is 0 Å². The minimum absolute atomic E-state index is 0.0924. The lowest BCUT2D eigenvalue weighted by Crippen LogP contribution is -2.31. The molecule has 98 valence electrons. The van der Waals surface area contributed by atoms with Gasteiger partial charge in [0.1, 0.15) is 5.15 Å². The Kier molecular flexibility index (Phi) is 3.23. The number of hydrogen-bond acceptors (Lipinski definition) is 2. The van der Waals surface area contributed by atoms with Crippen LogP contribution >= 0.6 is 23.2 Å². The van der Waals surface area contributed by atoms with Gasteiger partial charge < -0.3 is 0 Å². The zero-order chi connectivity index (χ0) is 13.5. The van der Waals surface area contributed by atoms with Crippen LogP contribution in [0.5, 0.6) is 0 Å². The summed E-state index contributed by atoms with van der Waals surface area (Å²) in [6.07, 6.45) is 2.80. The molecule has 3 rings (SSSR count). The second kappa shape index (κ2) is 4.77. The zero-order valence-electron chi connectivity index (χ0n) is 10.7. The van der Waals surface area contributed by atoms with Gasteiger partial charge in [-0.25, -0.2) is 9.97 Å². The van der Waals surface area contributed by atoms with Crippen molar-refractivity contribution >= 4 is 23.2 Å². The molecule has 0 N–H and O–H groups in total. The van der Waals surface area contributed by atoms with Crippen LogP contribution in [0.4, 0.5) is 0 Å². The standard InChI is InChI=1S/C15H14Cl2N2/c1-15(10-5-3-2-4-6-10)8-7-12-11(9-15)13(16)19-14(17)18-12/h2-6H,7-9H2,1H3. The largest absolute Gasteiger partial charge is 0.224 e. The van der Waals surface area contributed by atoms with E-state index in [2.05, 4.69) is 41.2 Å². The summed E-state index contributed by atoms with van der Waals surface area (Å²) in [5, 5.41) is 0.740. The third kappa shape index (κ3) is 2.35. The van der Waals surface area contributed by atoms with Crippen LogP contribution < -0.4 is 0 Å². The minimum atomic E-state index is 0.0924. The smallest absolute Gasteiger partial charge is 0.223 e. The fourth-order valence-electron chi connectivity index (χ4n) is 2.81. The predicted molar refractivity (Wildman–Crippen MR) is 77.9 cm³/mol. The molecule has 0 amide bonds. The zero-order valence-corrected chi connectivity index (χ0v) is 12.2. The second-order valence-electron chi connectivity index (χ2n) is 5.31. The van der Waals surface area contributed by atoms with Crippen LogP contribution in [0.25, 0.3) is 0 Å². The van der Waals surface area contributed by atoms with E-state index in [1.165, 1.54) is 5.56 Å². The molecule has 0 aliphatic heterocycles. The average molecular weight is 293 g/mol. The van der Waals surface area contributed by atoms with E-state index in [0.717, 1.165) is 30.5 Å². The molecular weight excluding hydrogens is 279 g/mol. The number of aryl methyl sites for hydroxylation is 1. The highest BCUT2D eigenvalue weighted by atomic mass is 35.5. The lowest BCUT2D eigenvalue weighted by Gasteiger charge is -2.35. The molecule has 2 nitrogen and oxygen atoms in total. The SMILES string of the molecule is CC1(c2ccccc2)CCc2nc(Cl)nc(Cl)c2C1. The van der Waals surface area contributed by atoms with Gasteiger partial charge in [0.05, 0.1) is 5.69 Å². The van der Waals surface area contributed by atoms with E-state index < -0.39 is 0 Å². The first-order valence-electron chi connectivity index (χ1n) is 6.35. The topological polar surface area (TPSA) is 25.8 Å². The van der Waals surface area contributed by atoms with Crippen molar-refractivity contribution in [2.24, 2.45) is 0 Å². The Balaban J connectivity index is 2.02. The summed E-state index contributed by atoms with van der Waals surface area (Å²) in [6.45, 7) is 2.27. The van der Waals surface area contributed by atoms with Gasteiger partial charge in [0, 0.05) is 5.56 Å². The van der Waals surface area contributed by atoms with Gasteiger partial charge in [-0.2, -0.15) is 0 Å². The molecule has 0 bridgehead atoms. The maximum atomic E-state index is 6.23. The summed E-state index contributed by atoms with van der Waals surface area (Å²) >= 11 is 12.1. The van der Waals surface area contributed by atoms with Crippen LogP contribution in [-0.2, 0) is 18.3 Å². The van der Waals surface area contributed by atoms with Crippen LogP contribution in [-0.4, -0.2) is 9.97 Å². The molecule has 0 radical (unpaired) electrons. The van der Waals surface area contributed by atoms with Crippen molar-refractivity contribution in [2.75, 3.05) is 0 Å². The molecule has 0 saturated heterocycles. The van der Waals surface area contributed by atoms with Crippen molar-refractivity contribution in [1.82, 2.24) is 9.97 Å². The number of aromatic nitrogens is 2. The molecule has 1 aliphatic rings. The van der Waals surface area contributed by atoms with E-state index in [9.17, 15) is 0 Å². The van der Waals surface area contributed by atoms with E-state index in [0.29, 0.717) is 5.15 Å². The normalized spacial score (nSPS) is 22.1. The van der Waals surface area contributed by atoms with Gasteiger partial charge in [0.25, 0.3) is 0 Å². The van der Waals surface area contributed by atoms with Crippen molar-refractivity contribution in [1.29, 1.82) is 0 Å². The van der Waals surface area contributed by atoms with E-state index in [4.69, 9.17) is 23.2 Å². The van der Waals surface area contributed by atoms with Crippen molar-refractivity contribution in [3.63, 3.8) is 0 Å². The molecule has 0 saturated carbocycles. The molecule has 0 spiro atoms. The van der Waals surface area contributed by atoms with Crippen LogP contribution in [0.15, 0.2) is 30.3 Å². The second-order valence-corrected chi connectivity index (χ2v) is 6.01. The first-order chi connectivity index (χ1) is 9.08. The molecule has 2 aromatic rings. The Morgan fingerprint density at radius 2 is 1.84 bits per heavy atom. The maximum absolute atomic E-state index is 6.23. The van der Waals surface area contributed by atoms with Crippen LogP contribution in [0.2, 0.25) is 10.4 Å². The molecule has 1 aromatic carbocycles. The first-order valence-corrected chi connectivity index (χ1v) is 7.10. The monoisotopic (exact) mass is 292 g/mol. The number of rotatable bonds is 1. The number of halogens is 2. The van der Waals surface area contributed by atoms with Crippen molar-refractivity contribution < 1.29 is 0 Å². The van der Waals surface area contributed by atoms with Gasteiger partial charge in [-0.1, -0.05) is 48.9 Å². The molecule has 1 aromatic heterocycles.